The van der Waals surface area contributed by atoms with Crippen LogP contribution >= 0.6 is 0 Å². The molecule has 5 rings (SSSR count). The van der Waals surface area contributed by atoms with Gasteiger partial charge in [-0.25, -0.2) is 0 Å². The molecule has 5 nitrogen and oxygen atoms in total. The van der Waals surface area contributed by atoms with Crippen LogP contribution < -0.4 is 0 Å². The van der Waals surface area contributed by atoms with Gasteiger partial charge >= 0.3 is 0 Å². The quantitative estimate of drug-likeness (QED) is 0.646. The van der Waals surface area contributed by atoms with E-state index in [0.717, 1.165) is 44.3 Å². The van der Waals surface area contributed by atoms with E-state index < -0.39 is 0 Å². The van der Waals surface area contributed by atoms with Crippen molar-refractivity contribution in [1.82, 2.24) is 0 Å². The van der Waals surface area contributed by atoms with Crippen molar-refractivity contribution in [1.29, 1.82) is 0 Å². The molecular weight excluding hydrogens is 368 g/mol. The molecule has 1 saturated heterocycles. The molecule has 5 aliphatic rings. The zero-order chi connectivity index (χ0) is 20.3. The van der Waals surface area contributed by atoms with Crippen LogP contribution in [0.2, 0.25) is 0 Å². The first-order valence-corrected chi connectivity index (χ1v) is 11.9. The van der Waals surface area contributed by atoms with Gasteiger partial charge in [0.1, 0.15) is 6.79 Å². The van der Waals surface area contributed by atoms with E-state index in [1.807, 2.05) is 7.11 Å². The van der Waals surface area contributed by atoms with Gasteiger partial charge in [0.25, 0.3) is 0 Å². The zero-order valence-electron chi connectivity index (χ0n) is 18.8. The zero-order valence-corrected chi connectivity index (χ0v) is 18.8. The molecule has 5 fully saturated rings. The molecule has 1 aliphatic heterocycles. The van der Waals surface area contributed by atoms with Crippen LogP contribution in [0, 0.1) is 34.5 Å². The number of rotatable bonds is 4. The maximum Gasteiger partial charge on any atom is 0.174 e. The molecule has 0 bridgehead atoms. The van der Waals surface area contributed by atoms with Gasteiger partial charge in [-0.3, -0.25) is 0 Å². The van der Waals surface area contributed by atoms with Crippen LogP contribution in [0.25, 0.3) is 0 Å². The summed E-state index contributed by atoms with van der Waals surface area (Å²) in [5, 5.41) is 0. The molecule has 1 spiro atoms. The van der Waals surface area contributed by atoms with Gasteiger partial charge in [0, 0.05) is 26.1 Å². The summed E-state index contributed by atoms with van der Waals surface area (Å²) in [6, 6.07) is 0. The second-order valence-electron chi connectivity index (χ2n) is 10.9. The third-order valence-corrected chi connectivity index (χ3v) is 10.0. The highest BCUT2D eigenvalue weighted by molar-refractivity contribution is 5.15. The van der Waals surface area contributed by atoms with E-state index in [2.05, 4.69) is 13.8 Å². The molecule has 4 aliphatic carbocycles. The fourth-order valence-electron chi connectivity index (χ4n) is 8.73. The molecule has 29 heavy (non-hydrogen) atoms. The van der Waals surface area contributed by atoms with Crippen molar-refractivity contribution in [3.05, 3.63) is 0 Å². The first-order valence-electron chi connectivity index (χ1n) is 11.9. The summed E-state index contributed by atoms with van der Waals surface area (Å²) in [6.07, 6.45) is 10.2. The Labute approximate surface area is 176 Å². The summed E-state index contributed by atoms with van der Waals surface area (Å²) in [7, 11) is 3.65. The minimum absolute atomic E-state index is 0.0767. The van der Waals surface area contributed by atoms with Gasteiger partial charge in [0.2, 0.25) is 0 Å². The normalized spacial score (nSPS) is 50.9. The van der Waals surface area contributed by atoms with Crippen LogP contribution in [-0.4, -0.2) is 52.2 Å². The third-order valence-electron chi connectivity index (χ3n) is 10.0. The highest BCUT2D eigenvalue weighted by Gasteiger charge is 2.69. The lowest BCUT2D eigenvalue weighted by Gasteiger charge is -2.63. The van der Waals surface area contributed by atoms with Crippen molar-refractivity contribution in [3.8, 4) is 0 Å². The van der Waals surface area contributed by atoms with E-state index in [1.165, 1.54) is 32.1 Å². The minimum Gasteiger partial charge on any atom is -0.381 e. The number of methoxy groups -OCH3 is 2. The second-order valence-corrected chi connectivity index (χ2v) is 10.9. The van der Waals surface area contributed by atoms with Crippen LogP contribution in [0.15, 0.2) is 0 Å². The van der Waals surface area contributed by atoms with Crippen LogP contribution in [0.4, 0.5) is 0 Å². The summed E-state index contributed by atoms with van der Waals surface area (Å²) in [4.78, 5) is 0. The van der Waals surface area contributed by atoms with Gasteiger partial charge in [-0.15, -0.1) is 0 Å². The van der Waals surface area contributed by atoms with E-state index in [1.54, 1.807) is 7.11 Å². The predicted octanol–water partition coefficient (Wildman–Crippen LogP) is 4.39. The molecule has 5 heteroatoms. The van der Waals surface area contributed by atoms with Crippen molar-refractivity contribution in [2.45, 2.75) is 83.2 Å². The SMILES string of the molecule is COCO[C@@H]1CC[C@@]2(C)[C@@H](CC[C@@H]3[C@@H]2[C@@H](OC)C[C@@]2(C)[C@H]3CCC23OCCO3)C1. The summed E-state index contributed by atoms with van der Waals surface area (Å²) >= 11 is 0. The summed E-state index contributed by atoms with van der Waals surface area (Å²) in [5.74, 6) is 2.43. The van der Waals surface area contributed by atoms with Crippen molar-refractivity contribution in [2.75, 3.05) is 34.2 Å². The smallest absolute Gasteiger partial charge is 0.174 e. The lowest BCUT2D eigenvalue weighted by atomic mass is 9.44. The second kappa shape index (κ2) is 7.44. The van der Waals surface area contributed by atoms with Crippen LogP contribution in [0.3, 0.4) is 0 Å². The van der Waals surface area contributed by atoms with E-state index in [4.69, 9.17) is 23.7 Å². The number of hydrogen-bond donors (Lipinski definition) is 0. The topological polar surface area (TPSA) is 46.2 Å². The molecule has 0 amide bonds. The highest BCUT2D eigenvalue weighted by Crippen LogP contribution is 2.69. The van der Waals surface area contributed by atoms with E-state index in [9.17, 15) is 0 Å². The van der Waals surface area contributed by atoms with E-state index in [0.29, 0.717) is 36.3 Å². The Morgan fingerprint density at radius 2 is 1.76 bits per heavy atom. The number of ether oxygens (including phenoxy) is 5. The minimum atomic E-state index is -0.358. The number of fused-ring (bicyclic) bond motifs is 6. The Balaban J connectivity index is 1.42. The number of hydrogen-bond acceptors (Lipinski definition) is 5. The van der Waals surface area contributed by atoms with Crippen LogP contribution in [0.5, 0.6) is 0 Å². The van der Waals surface area contributed by atoms with Crippen molar-refractivity contribution in [3.63, 3.8) is 0 Å². The summed E-state index contributed by atoms with van der Waals surface area (Å²) in [5.41, 5.74) is 0.429. The van der Waals surface area contributed by atoms with Crippen molar-refractivity contribution in [2.24, 2.45) is 34.5 Å². The molecule has 0 unspecified atom stereocenters. The molecular formula is C24H40O5. The van der Waals surface area contributed by atoms with Crippen LogP contribution in [0.1, 0.15) is 65.2 Å². The molecule has 1 heterocycles. The summed E-state index contributed by atoms with van der Waals surface area (Å²) < 4.78 is 30.1. The highest BCUT2D eigenvalue weighted by atomic mass is 16.7. The lowest BCUT2D eigenvalue weighted by Crippen LogP contribution is -2.62. The average molecular weight is 409 g/mol. The van der Waals surface area contributed by atoms with Gasteiger partial charge in [-0.1, -0.05) is 13.8 Å². The fourth-order valence-corrected chi connectivity index (χ4v) is 8.73. The third kappa shape index (κ3) is 2.91. The largest absolute Gasteiger partial charge is 0.381 e. The Hall–Kier alpha value is -0.200. The van der Waals surface area contributed by atoms with E-state index in [-0.39, 0.29) is 11.2 Å². The van der Waals surface area contributed by atoms with Gasteiger partial charge < -0.3 is 23.7 Å². The molecule has 166 valence electrons. The molecule has 0 aromatic rings. The summed E-state index contributed by atoms with van der Waals surface area (Å²) in [6.45, 7) is 6.93. The van der Waals surface area contributed by atoms with Gasteiger partial charge in [0.05, 0.1) is 25.4 Å². The van der Waals surface area contributed by atoms with E-state index >= 15 is 0 Å². The lowest BCUT2D eigenvalue weighted by molar-refractivity contribution is -0.268. The first-order chi connectivity index (χ1) is 14.0. The first kappa shape index (κ1) is 20.7. The maximum absolute atomic E-state index is 6.32. The van der Waals surface area contributed by atoms with Gasteiger partial charge in [-0.2, -0.15) is 0 Å². The molecule has 0 radical (unpaired) electrons. The van der Waals surface area contributed by atoms with Gasteiger partial charge in [-0.05, 0) is 74.0 Å². The fraction of sp³-hybridized carbons (Fsp3) is 1.00. The van der Waals surface area contributed by atoms with Crippen molar-refractivity contribution >= 4 is 0 Å². The maximum atomic E-state index is 6.32. The monoisotopic (exact) mass is 408 g/mol. The Morgan fingerprint density at radius 3 is 2.48 bits per heavy atom. The van der Waals surface area contributed by atoms with Crippen LogP contribution in [-0.2, 0) is 23.7 Å². The predicted molar refractivity (Wildman–Crippen MR) is 109 cm³/mol. The van der Waals surface area contributed by atoms with Gasteiger partial charge in [0.15, 0.2) is 5.79 Å². The molecule has 4 saturated carbocycles. The molecule has 0 N–H and O–H groups in total. The average Bonchev–Trinajstić information content (AvgIpc) is 3.31. The van der Waals surface area contributed by atoms with Crippen molar-refractivity contribution < 1.29 is 23.7 Å². The molecule has 8 atom stereocenters. The Bertz CT molecular complexity index is 604. The molecule has 0 aromatic carbocycles. The molecule has 0 aromatic heterocycles. The Morgan fingerprint density at radius 1 is 0.966 bits per heavy atom. The standard InChI is InChI=1S/C24H40O5/c1-22-9-7-17(27-15-25-3)13-16(22)5-6-18-19-8-10-24(28-11-12-29-24)23(19,2)14-20(26-4)21(18)22/h16-21H,5-15H2,1-4H3/t16-,17+,18-,19-,20-,21+,22-,23-/m0/s1. The Kier molecular flexibility index (Phi) is 5.31.